The van der Waals surface area contributed by atoms with E-state index in [-0.39, 0.29) is 30.5 Å². The average Bonchev–Trinajstić information content (AvgIpc) is 3.18. The molecule has 4 unspecified atom stereocenters. The number of fused-ring (bicyclic) bond motifs is 2. The van der Waals surface area contributed by atoms with E-state index in [1.54, 1.807) is 0 Å². The molecule has 25 heavy (non-hydrogen) atoms. The largest absolute Gasteiger partial charge is 0.490 e. The lowest BCUT2D eigenvalue weighted by molar-refractivity contribution is -0.139. The van der Waals surface area contributed by atoms with Gasteiger partial charge in [0.15, 0.2) is 0 Å². The molecule has 1 aromatic carbocycles. The number of nitrogens with two attached hydrogens (primary N) is 1. The summed E-state index contributed by atoms with van der Waals surface area (Å²) in [6.07, 6.45) is 5.63. The number of hydrogen-bond donors (Lipinski definition) is 1. The topological polar surface area (TPSA) is 55.6 Å². The van der Waals surface area contributed by atoms with Gasteiger partial charge in [-0.2, -0.15) is 0 Å². The SMILES string of the molecule is Cc1ccc(OC2CCN(C(=O)C3C4CCC(C4)C3N)CC2)cc1.Cl. The third-order valence-corrected chi connectivity index (χ3v) is 6.34. The molecule has 0 aromatic heterocycles. The number of piperidine rings is 1. The first kappa shape index (κ1) is 18.5. The lowest BCUT2D eigenvalue weighted by atomic mass is 9.83. The zero-order valence-corrected chi connectivity index (χ0v) is 15.7. The van der Waals surface area contributed by atoms with Gasteiger partial charge < -0.3 is 15.4 Å². The summed E-state index contributed by atoms with van der Waals surface area (Å²) in [5, 5.41) is 0. The molecule has 1 aliphatic heterocycles. The van der Waals surface area contributed by atoms with E-state index in [0.717, 1.165) is 31.7 Å². The molecule has 4 atom stereocenters. The Morgan fingerprint density at radius 2 is 1.72 bits per heavy atom. The number of aryl methyl sites for hydroxylation is 1. The summed E-state index contributed by atoms with van der Waals surface area (Å²) in [6.45, 7) is 3.68. The zero-order chi connectivity index (χ0) is 16.7. The molecule has 0 radical (unpaired) electrons. The van der Waals surface area contributed by atoms with Crippen molar-refractivity contribution in [3.05, 3.63) is 29.8 Å². The van der Waals surface area contributed by atoms with E-state index in [1.807, 2.05) is 17.0 Å². The van der Waals surface area contributed by atoms with E-state index in [9.17, 15) is 4.79 Å². The zero-order valence-electron chi connectivity index (χ0n) is 14.9. The van der Waals surface area contributed by atoms with Gasteiger partial charge in [0, 0.05) is 32.0 Å². The van der Waals surface area contributed by atoms with Crippen LogP contribution in [0.4, 0.5) is 0 Å². The average molecular weight is 365 g/mol. The number of halogens is 1. The number of amides is 1. The number of hydrogen-bond acceptors (Lipinski definition) is 3. The predicted molar refractivity (Wildman–Crippen MR) is 101 cm³/mol. The van der Waals surface area contributed by atoms with Crippen LogP contribution in [-0.2, 0) is 4.79 Å². The monoisotopic (exact) mass is 364 g/mol. The lowest BCUT2D eigenvalue weighted by Gasteiger charge is -2.37. The molecule has 3 fully saturated rings. The second-order valence-electron chi connectivity index (χ2n) is 7.89. The summed E-state index contributed by atoms with van der Waals surface area (Å²) < 4.78 is 6.07. The van der Waals surface area contributed by atoms with Crippen LogP contribution in [0.25, 0.3) is 0 Å². The molecule has 4 rings (SSSR count). The van der Waals surface area contributed by atoms with Crippen molar-refractivity contribution in [2.45, 2.75) is 51.2 Å². The maximum Gasteiger partial charge on any atom is 0.227 e. The lowest BCUT2D eigenvalue weighted by Crippen LogP contribution is -2.50. The summed E-state index contributed by atoms with van der Waals surface area (Å²) in [4.78, 5) is 15.0. The molecule has 5 heteroatoms. The summed E-state index contributed by atoms with van der Waals surface area (Å²) in [5.41, 5.74) is 7.58. The fourth-order valence-electron chi connectivity index (χ4n) is 4.92. The van der Waals surface area contributed by atoms with Gasteiger partial charge in [0.2, 0.25) is 5.91 Å². The van der Waals surface area contributed by atoms with Crippen LogP contribution in [0.15, 0.2) is 24.3 Å². The summed E-state index contributed by atoms with van der Waals surface area (Å²) in [5.74, 6) is 2.45. The molecule has 4 nitrogen and oxygen atoms in total. The molecular weight excluding hydrogens is 336 g/mol. The molecule has 1 heterocycles. The molecule has 2 saturated carbocycles. The summed E-state index contributed by atoms with van der Waals surface area (Å²) >= 11 is 0. The van der Waals surface area contributed by atoms with Gasteiger partial charge in [-0.25, -0.2) is 0 Å². The number of carbonyl (C=O) groups excluding carboxylic acids is 1. The summed E-state index contributed by atoms with van der Waals surface area (Å²) in [7, 11) is 0. The molecule has 3 aliphatic rings. The Labute approximate surface area is 156 Å². The van der Waals surface area contributed by atoms with Gasteiger partial charge in [-0.05, 0) is 50.2 Å². The van der Waals surface area contributed by atoms with E-state index in [1.165, 1.54) is 24.8 Å². The van der Waals surface area contributed by atoms with Crippen LogP contribution in [0.3, 0.4) is 0 Å². The van der Waals surface area contributed by atoms with Crippen molar-refractivity contribution >= 4 is 18.3 Å². The van der Waals surface area contributed by atoms with Crippen molar-refractivity contribution in [2.75, 3.05) is 13.1 Å². The minimum atomic E-state index is 0. The van der Waals surface area contributed by atoms with Gasteiger partial charge in [-0.3, -0.25) is 4.79 Å². The quantitative estimate of drug-likeness (QED) is 0.896. The molecule has 1 aromatic rings. The highest BCUT2D eigenvalue weighted by Gasteiger charge is 2.50. The highest BCUT2D eigenvalue weighted by atomic mass is 35.5. The fraction of sp³-hybridized carbons (Fsp3) is 0.650. The third-order valence-electron chi connectivity index (χ3n) is 6.34. The van der Waals surface area contributed by atoms with E-state index in [0.29, 0.717) is 17.7 Å². The Morgan fingerprint density at radius 1 is 1.08 bits per heavy atom. The van der Waals surface area contributed by atoms with Crippen LogP contribution < -0.4 is 10.5 Å². The first-order valence-electron chi connectivity index (χ1n) is 9.39. The first-order chi connectivity index (χ1) is 11.6. The number of nitrogens with zero attached hydrogens (tertiary/aromatic N) is 1. The van der Waals surface area contributed by atoms with Gasteiger partial charge in [0.05, 0.1) is 5.92 Å². The maximum absolute atomic E-state index is 12.9. The Bertz CT molecular complexity index is 596. The van der Waals surface area contributed by atoms with Gasteiger partial charge >= 0.3 is 0 Å². The molecule has 2 N–H and O–H groups in total. The molecule has 2 bridgehead atoms. The van der Waals surface area contributed by atoms with Crippen LogP contribution >= 0.6 is 12.4 Å². The third kappa shape index (κ3) is 3.65. The number of carbonyl (C=O) groups is 1. The molecule has 138 valence electrons. The van der Waals surface area contributed by atoms with Crippen molar-refractivity contribution in [1.82, 2.24) is 4.90 Å². The second kappa shape index (κ2) is 7.55. The van der Waals surface area contributed by atoms with E-state index >= 15 is 0 Å². The van der Waals surface area contributed by atoms with Crippen LogP contribution in [0.5, 0.6) is 5.75 Å². The second-order valence-corrected chi connectivity index (χ2v) is 7.89. The number of likely N-dealkylation sites (tertiary alicyclic amines) is 1. The Balaban J connectivity index is 0.00000182. The minimum Gasteiger partial charge on any atom is -0.490 e. The van der Waals surface area contributed by atoms with E-state index in [2.05, 4.69) is 19.1 Å². The highest BCUT2D eigenvalue weighted by molar-refractivity contribution is 5.85. The number of benzene rings is 1. The van der Waals surface area contributed by atoms with Crippen molar-refractivity contribution in [1.29, 1.82) is 0 Å². The normalized spacial score (nSPS) is 31.7. The van der Waals surface area contributed by atoms with Gasteiger partial charge in [0.25, 0.3) is 0 Å². The first-order valence-corrected chi connectivity index (χ1v) is 9.39. The predicted octanol–water partition coefficient (Wildman–Crippen LogP) is 3.16. The molecule has 1 amide bonds. The Kier molecular flexibility index (Phi) is 5.59. The molecule has 2 aliphatic carbocycles. The van der Waals surface area contributed by atoms with Crippen LogP contribution in [0.1, 0.15) is 37.7 Å². The van der Waals surface area contributed by atoms with Gasteiger partial charge in [0.1, 0.15) is 11.9 Å². The molecule has 0 spiro atoms. The number of rotatable bonds is 3. The van der Waals surface area contributed by atoms with Gasteiger partial charge in [-0.15, -0.1) is 12.4 Å². The smallest absolute Gasteiger partial charge is 0.227 e. The van der Waals surface area contributed by atoms with E-state index < -0.39 is 0 Å². The van der Waals surface area contributed by atoms with Gasteiger partial charge in [-0.1, -0.05) is 17.7 Å². The van der Waals surface area contributed by atoms with E-state index in [4.69, 9.17) is 10.5 Å². The van der Waals surface area contributed by atoms with Crippen LogP contribution in [-0.4, -0.2) is 36.0 Å². The number of ether oxygens (including phenoxy) is 1. The molecule has 1 saturated heterocycles. The maximum atomic E-state index is 12.9. The van der Waals surface area contributed by atoms with Crippen molar-refractivity contribution in [3.63, 3.8) is 0 Å². The summed E-state index contributed by atoms with van der Waals surface area (Å²) in [6, 6.07) is 8.30. The highest BCUT2D eigenvalue weighted by Crippen LogP contribution is 2.48. The van der Waals surface area contributed by atoms with Crippen molar-refractivity contribution in [3.8, 4) is 5.75 Å². The van der Waals surface area contributed by atoms with Crippen molar-refractivity contribution < 1.29 is 9.53 Å². The Hall–Kier alpha value is -1.26. The standard InChI is InChI=1S/C20H28N2O2.ClH/c1-13-2-6-16(7-3-13)24-17-8-10-22(11-9-17)20(23)18-14-4-5-15(12-14)19(18)21;/h2-3,6-7,14-15,17-19H,4-5,8-12,21H2,1H3;1H. The van der Waals surface area contributed by atoms with Crippen LogP contribution in [0.2, 0.25) is 0 Å². The van der Waals surface area contributed by atoms with Crippen LogP contribution in [0, 0.1) is 24.7 Å². The molecular formula is C20H29ClN2O2. The minimum absolute atomic E-state index is 0. The Morgan fingerprint density at radius 3 is 2.32 bits per heavy atom. The van der Waals surface area contributed by atoms with Crippen molar-refractivity contribution in [2.24, 2.45) is 23.5 Å². The fourth-order valence-corrected chi connectivity index (χ4v) is 4.92.